The minimum absolute atomic E-state index is 0.184. The normalized spacial score (nSPS) is 11.9. The van der Waals surface area contributed by atoms with Gasteiger partial charge in [0.1, 0.15) is 0 Å². The average Bonchev–Trinajstić information content (AvgIpc) is 2.69. The number of nitrogens with one attached hydrogen (secondary N) is 1. The maximum absolute atomic E-state index is 8.89. The van der Waals surface area contributed by atoms with Crippen molar-refractivity contribution in [3.63, 3.8) is 0 Å². The van der Waals surface area contributed by atoms with Crippen LogP contribution < -0.4 is 5.32 Å². The maximum Gasteiger partial charge on any atom is 0.0945 e. The van der Waals surface area contributed by atoms with Gasteiger partial charge in [0.2, 0.25) is 0 Å². The third kappa shape index (κ3) is 5.28. The summed E-state index contributed by atoms with van der Waals surface area (Å²) < 4.78 is 2.08. The molecule has 0 saturated carbocycles. The Labute approximate surface area is 97.7 Å². The van der Waals surface area contributed by atoms with Gasteiger partial charge >= 0.3 is 0 Å². The van der Waals surface area contributed by atoms with Gasteiger partial charge in [-0.25, -0.2) is 4.98 Å². The highest BCUT2D eigenvalue weighted by molar-refractivity contribution is 4.74. The predicted molar refractivity (Wildman–Crippen MR) is 65.2 cm³/mol. The number of nitrogens with zero attached hydrogens (tertiary/aromatic N) is 2. The smallest absolute Gasteiger partial charge is 0.0945 e. The van der Waals surface area contributed by atoms with E-state index in [9.17, 15) is 0 Å². The van der Waals surface area contributed by atoms with E-state index in [2.05, 4.69) is 28.7 Å². The molecule has 0 saturated heterocycles. The van der Waals surface area contributed by atoms with E-state index in [0.29, 0.717) is 0 Å². The van der Waals surface area contributed by atoms with Crippen molar-refractivity contribution in [3.05, 3.63) is 18.7 Å². The lowest BCUT2D eigenvalue weighted by molar-refractivity contribution is 0.207. The molecule has 0 aromatic carbocycles. The van der Waals surface area contributed by atoms with Crippen molar-refractivity contribution < 1.29 is 5.11 Å². The molecular weight excluding hydrogens is 202 g/mol. The number of aliphatic hydroxyl groups is 1. The molecule has 4 nitrogen and oxygen atoms in total. The number of aromatic nitrogens is 2. The van der Waals surface area contributed by atoms with Gasteiger partial charge in [-0.1, -0.05) is 13.8 Å². The Balaban J connectivity index is 2.03. The number of aliphatic hydroxyl groups excluding tert-OH is 1. The molecule has 1 heterocycles. The van der Waals surface area contributed by atoms with Crippen molar-refractivity contribution in [2.24, 2.45) is 5.41 Å². The fraction of sp³-hybridized carbons (Fsp3) is 0.750. The molecule has 0 aliphatic heterocycles. The van der Waals surface area contributed by atoms with Crippen LogP contribution in [-0.2, 0) is 6.54 Å². The zero-order valence-corrected chi connectivity index (χ0v) is 10.3. The van der Waals surface area contributed by atoms with Gasteiger partial charge in [0, 0.05) is 32.1 Å². The fourth-order valence-corrected chi connectivity index (χ4v) is 1.62. The Morgan fingerprint density at radius 2 is 2.25 bits per heavy atom. The maximum atomic E-state index is 8.89. The monoisotopic (exact) mass is 225 g/mol. The fourth-order valence-electron chi connectivity index (χ4n) is 1.62. The zero-order chi connectivity index (χ0) is 11.9. The second kappa shape index (κ2) is 6.66. The van der Waals surface area contributed by atoms with Crippen LogP contribution in [0.1, 0.15) is 26.7 Å². The van der Waals surface area contributed by atoms with Crippen LogP contribution in [0.4, 0.5) is 0 Å². The van der Waals surface area contributed by atoms with Crippen molar-refractivity contribution >= 4 is 0 Å². The molecule has 16 heavy (non-hydrogen) atoms. The van der Waals surface area contributed by atoms with E-state index in [4.69, 9.17) is 5.11 Å². The number of rotatable bonds is 8. The third-order valence-electron chi connectivity index (χ3n) is 2.72. The van der Waals surface area contributed by atoms with Crippen LogP contribution >= 0.6 is 0 Å². The third-order valence-corrected chi connectivity index (χ3v) is 2.72. The minimum Gasteiger partial charge on any atom is -0.396 e. The van der Waals surface area contributed by atoms with Crippen molar-refractivity contribution in [1.29, 1.82) is 0 Å². The molecule has 0 spiro atoms. The van der Waals surface area contributed by atoms with Crippen LogP contribution in [-0.4, -0.2) is 34.4 Å². The number of aryl methyl sites for hydroxylation is 1. The summed E-state index contributed by atoms with van der Waals surface area (Å²) in [5.74, 6) is 0. The highest BCUT2D eigenvalue weighted by Crippen LogP contribution is 2.17. The molecule has 0 atom stereocenters. The molecule has 1 rings (SSSR count). The molecule has 1 aromatic heterocycles. The first-order valence-electron chi connectivity index (χ1n) is 5.91. The molecule has 4 heteroatoms. The summed E-state index contributed by atoms with van der Waals surface area (Å²) in [7, 11) is 0. The highest BCUT2D eigenvalue weighted by atomic mass is 16.3. The molecule has 0 amide bonds. The highest BCUT2D eigenvalue weighted by Gasteiger charge is 2.15. The first-order valence-corrected chi connectivity index (χ1v) is 5.91. The zero-order valence-electron chi connectivity index (χ0n) is 10.3. The number of hydrogen-bond acceptors (Lipinski definition) is 3. The van der Waals surface area contributed by atoms with Gasteiger partial charge < -0.3 is 15.0 Å². The van der Waals surface area contributed by atoms with Gasteiger partial charge in [0.05, 0.1) is 6.33 Å². The molecule has 0 aliphatic rings. The molecule has 0 aliphatic carbocycles. The van der Waals surface area contributed by atoms with Crippen molar-refractivity contribution in [1.82, 2.24) is 14.9 Å². The van der Waals surface area contributed by atoms with Crippen molar-refractivity contribution in [3.8, 4) is 0 Å². The van der Waals surface area contributed by atoms with Gasteiger partial charge in [-0.05, 0) is 24.8 Å². The van der Waals surface area contributed by atoms with Crippen LogP contribution in [0.3, 0.4) is 0 Å². The number of imidazole rings is 1. The van der Waals surface area contributed by atoms with Crippen LogP contribution in [0.15, 0.2) is 18.7 Å². The summed E-state index contributed by atoms with van der Waals surface area (Å²) in [5.41, 5.74) is 0.184. The lowest BCUT2D eigenvalue weighted by Gasteiger charge is -2.23. The Bertz CT molecular complexity index is 270. The van der Waals surface area contributed by atoms with Gasteiger partial charge in [0.25, 0.3) is 0 Å². The quantitative estimate of drug-likeness (QED) is 0.655. The molecule has 92 valence electrons. The standard InChI is InChI=1S/C12H23N3O/c1-12(2,4-9-16)10-13-5-3-7-15-8-6-14-11-15/h6,8,11,13,16H,3-5,7,9-10H2,1-2H3. The van der Waals surface area contributed by atoms with E-state index < -0.39 is 0 Å². The van der Waals surface area contributed by atoms with Gasteiger partial charge in [-0.15, -0.1) is 0 Å². The summed E-state index contributed by atoms with van der Waals surface area (Å²) in [6, 6.07) is 0. The minimum atomic E-state index is 0.184. The van der Waals surface area contributed by atoms with Crippen LogP contribution in [0, 0.1) is 5.41 Å². The SMILES string of the molecule is CC(C)(CCO)CNCCCn1ccnc1. The van der Waals surface area contributed by atoms with Crippen LogP contribution in [0.25, 0.3) is 0 Å². The Morgan fingerprint density at radius 3 is 2.88 bits per heavy atom. The molecular formula is C12H23N3O. The summed E-state index contributed by atoms with van der Waals surface area (Å²) in [4.78, 5) is 4.00. The van der Waals surface area contributed by atoms with Crippen molar-refractivity contribution in [2.45, 2.75) is 33.2 Å². The molecule has 0 radical (unpaired) electrons. The topological polar surface area (TPSA) is 50.1 Å². The number of hydrogen-bond donors (Lipinski definition) is 2. The Kier molecular flexibility index (Phi) is 5.49. The average molecular weight is 225 g/mol. The van der Waals surface area contributed by atoms with E-state index in [1.807, 2.05) is 12.5 Å². The summed E-state index contributed by atoms with van der Waals surface area (Å²) in [5, 5.41) is 12.3. The summed E-state index contributed by atoms with van der Waals surface area (Å²) in [6.45, 7) is 7.58. The molecule has 1 aromatic rings. The lowest BCUT2D eigenvalue weighted by Crippen LogP contribution is -2.31. The summed E-state index contributed by atoms with van der Waals surface area (Å²) >= 11 is 0. The van der Waals surface area contributed by atoms with Gasteiger partial charge in [-0.3, -0.25) is 0 Å². The van der Waals surface area contributed by atoms with E-state index in [1.54, 1.807) is 6.20 Å². The van der Waals surface area contributed by atoms with E-state index in [1.165, 1.54) is 0 Å². The first-order chi connectivity index (χ1) is 7.64. The van der Waals surface area contributed by atoms with Crippen molar-refractivity contribution in [2.75, 3.05) is 19.7 Å². The van der Waals surface area contributed by atoms with E-state index in [-0.39, 0.29) is 12.0 Å². The van der Waals surface area contributed by atoms with Gasteiger partial charge in [0.15, 0.2) is 0 Å². The molecule has 0 bridgehead atoms. The lowest BCUT2D eigenvalue weighted by atomic mass is 9.90. The summed E-state index contributed by atoms with van der Waals surface area (Å²) in [6.07, 6.45) is 7.58. The Hall–Kier alpha value is -0.870. The second-order valence-electron chi connectivity index (χ2n) is 4.97. The predicted octanol–water partition coefficient (Wildman–Crippen LogP) is 1.27. The van der Waals surface area contributed by atoms with Crippen LogP contribution in [0.2, 0.25) is 0 Å². The molecule has 0 fully saturated rings. The second-order valence-corrected chi connectivity index (χ2v) is 4.97. The Morgan fingerprint density at radius 1 is 1.44 bits per heavy atom. The van der Waals surface area contributed by atoms with Gasteiger partial charge in [-0.2, -0.15) is 0 Å². The van der Waals surface area contributed by atoms with E-state index >= 15 is 0 Å². The largest absolute Gasteiger partial charge is 0.396 e. The molecule has 2 N–H and O–H groups in total. The first kappa shape index (κ1) is 13.2. The van der Waals surface area contributed by atoms with Crippen LogP contribution in [0.5, 0.6) is 0 Å². The van der Waals surface area contributed by atoms with E-state index in [0.717, 1.165) is 32.5 Å². The molecule has 0 unspecified atom stereocenters.